The van der Waals surface area contributed by atoms with E-state index < -0.39 is 0 Å². The van der Waals surface area contributed by atoms with Crippen LogP contribution < -0.4 is 0 Å². The molecule has 0 amide bonds. The first-order valence-electron chi connectivity index (χ1n) is 31.1. The van der Waals surface area contributed by atoms with Crippen molar-refractivity contribution >= 4 is 57.9 Å². The molecule has 2 fully saturated rings. The molecule has 0 aliphatic heterocycles. The van der Waals surface area contributed by atoms with Crippen LogP contribution in [-0.4, -0.2) is 99.0 Å². The summed E-state index contributed by atoms with van der Waals surface area (Å²) in [5.41, 5.74) is 11.2. The Morgan fingerprint density at radius 3 is 0.679 bits per heavy atom. The van der Waals surface area contributed by atoms with E-state index >= 15 is 0 Å². The van der Waals surface area contributed by atoms with Gasteiger partial charge in [0.25, 0.3) is 0 Å². The average molecular weight is 1390 g/mol. The number of halogens is 2. The molecule has 2 rings (SSSR count). The molecule has 0 bridgehead atoms. The van der Waals surface area contributed by atoms with Gasteiger partial charge < -0.3 is 23.4 Å². The fraction of sp³-hybridized carbons (Fsp3) is 0.939. The van der Waals surface area contributed by atoms with Crippen molar-refractivity contribution in [2.45, 2.75) is 334 Å². The second-order valence-electron chi connectivity index (χ2n) is 27.8. The second-order valence-corrected chi connectivity index (χ2v) is 45.6. The number of rotatable bonds is 20. The molecule has 78 heavy (non-hydrogen) atoms. The number of carbonyl (C=O) groups excluding carboxylic acids is 1. The molecule has 12 heteroatoms. The van der Waals surface area contributed by atoms with E-state index in [1.165, 1.54) is 12.8 Å². The zero-order valence-electron chi connectivity index (χ0n) is 58.0. The van der Waals surface area contributed by atoms with E-state index in [4.69, 9.17) is 26.7 Å². The normalized spacial score (nSPS) is 21.5. The van der Waals surface area contributed by atoms with Gasteiger partial charge in [0.15, 0.2) is 0 Å². The monoisotopic (exact) mass is 1390 g/mol. The molecular weight excluding hydrogens is 1250 g/mol. The fourth-order valence-electron chi connectivity index (χ4n) is 14.4. The Kier molecular flexibility index (Phi) is 66.3. The van der Waals surface area contributed by atoms with Crippen LogP contribution in [0.5, 0.6) is 0 Å². The van der Waals surface area contributed by atoms with E-state index in [-0.39, 0.29) is 31.7 Å². The molecule has 2 aliphatic carbocycles. The summed E-state index contributed by atoms with van der Waals surface area (Å²) in [6.07, 6.45) is 7.87. The van der Waals surface area contributed by atoms with Gasteiger partial charge >= 0.3 is 54.0 Å². The number of allylic oxidation sites excluding steroid dienone is 1. The average Bonchev–Trinajstić information content (AvgIpc) is 3.31. The van der Waals surface area contributed by atoms with Crippen molar-refractivity contribution in [2.24, 2.45) is 69.4 Å². The first-order chi connectivity index (χ1) is 36.0. The van der Waals surface area contributed by atoms with Crippen LogP contribution in [0, 0.1) is 72.7 Å². The third kappa shape index (κ3) is 40.8. The molecule has 0 aromatic heterocycles. The van der Waals surface area contributed by atoms with Gasteiger partial charge in [0.1, 0.15) is 0 Å². The molecule has 4 atom stereocenters. The Bertz CT molecular complexity index is 1130. The quantitative estimate of drug-likeness (QED) is 0.0434. The molecule has 0 spiro atoms. The van der Waals surface area contributed by atoms with E-state index in [2.05, 4.69) is 255 Å². The van der Waals surface area contributed by atoms with Crippen LogP contribution in [0.25, 0.3) is 0 Å². The number of hydrogen-bond acceptors (Lipinski definition) is 4. The first-order valence-corrected chi connectivity index (χ1v) is 42.5. The SMILES string of the molecule is CC(C)[PH+](C(C)C)C(C)C.CC(C)[PH+](C(C)C)C(C)C.CC(C)[PH+](C(C)C)C(C)C.CC(C)[PH+](C(C)C)C(C)C.CO.[CH-]=CC1CC(C(C)C)C(N=NC2C(C(C)C)CC(C[CH2-])CC2C(C)C)C(C(C)C)C1.[CH-]=O.[Cl][Ru+2].[Cl][Ru+]. The molecule has 0 saturated heterocycles. The number of hydrogen-bond donors (Lipinski definition) is 1. The molecule has 475 valence electrons. The number of aliphatic hydroxyl groups is 1. The van der Waals surface area contributed by atoms with Crippen LogP contribution >= 0.6 is 51.1 Å². The fourth-order valence-corrected chi connectivity index (χ4v) is 30.4. The van der Waals surface area contributed by atoms with Crippen LogP contribution in [0.3, 0.4) is 0 Å². The van der Waals surface area contributed by atoms with E-state index in [1.54, 1.807) is 0 Å². The van der Waals surface area contributed by atoms with Gasteiger partial charge in [-0.2, -0.15) is 16.6 Å². The Morgan fingerprint density at radius 2 is 0.577 bits per heavy atom. The van der Waals surface area contributed by atoms with Gasteiger partial charge in [-0.15, -0.1) is 0 Å². The van der Waals surface area contributed by atoms with Crippen molar-refractivity contribution < 1.29 is 44.5 Å². The van der Waals surface area contributed by atoms with Gasteiger partial charge in [-0.1, -0.05) is 67.2 Å². The molecular formula is C66H143Cl2N2O2P4Ru2+4. The number of nitrogens with zero attached hydrogens (tertiary/aromatic N) is 2. The van der Waals surface area contributed by atoms with Crippen molar-refractivity contribution in [1.82, 2.24) is 0 Å². The van der Waals surface area contributed by atoms with Gasteiger partial charge in [0, 0.05) is 38.8 Å². The molecule has 4 nitrogen and oxygen atoms in total. The topological polar surface area (TPSA) is 62.0 Å². The van der Waals surface area contributed by atoms with Gasteiger partial charge in [-0.25, -0.2) is 0 Å². The summed E-state index contributed by atoms with van der Waals surface area (Å²) < 4.78 is 0. The van der Waals surface area contributed by atoms with E-state index in [9.17, 15) is 0 Å². The van der Waals surface area contributed by atoms with Crippen LogP contribution in [0.4, 0.5) is 0 Å². The molecule has 4 unspecified atom stereocenters. The summed E-state index contributed by atoms with van der Waals surface area (Å²) >= 11 is 3.64. The van der Waals surface area contributed by atoms with Crippen LogP contribution in [-0.2, 0) is 39.4 Å². The first kappa shape index (κ1) is 94.2. The van der Waals surface area contributed by atoms with Crippen molar-refractivity contribution in [1.29, 1.82) is 0 Å². The van der Waals surface area contributed by atoms with Crippen LogP contribution in [0.1, 0.15) is 254 Å². The second kappa shape index (κ2) is 54.9. The van der Waals surface area contributed by atoms with Gasteiger partial charge in [0.2, 0.25) is 0 Å². The summed E-state index contributed by atoms with van der Waals surface area (Å²) in [5, 5.41) is 17.5. The molecule has 0 radical (unpaired) electrons. The van der Waals surface area contributed by atoms with Crippen molar-refractivity contribution in [2.75, 3.05) is 7.11 Å². The summed E-state index contributed by atoms with van der Waals surface area (Å²) in [4.78, 5) is 7.75. The summed E-state index contributed by atoms with van der Waals surface area (Å²) in [7, 11) is 9.76. The summed E-state index contributed by atoms with van der Waals surface area (Å²) in [6.45, 7) is 89.3. The number of azo groups is 1. The Labute approximate surface area is 528 Å². The number of aliphatic hydroxyl groups excluding tert-OH is 1. The minimum atomic E-state index is -0.0957. The predicted octanol–water partition coefficient (Wildman–Crippen LogP) is 22.7. The third-order valence-electron chi connectivity index (χ3n) is 16.6. The maximum absolute atomic E-state index is 7.75. The Hall–Kier alpha value is 2.52. The zero-order valence-corrected chi connectivity index (χ0v) is 67.0. The van der Waals surface area contributed by atoms with Crippen molar-refractivity contribution in [3.63, 3.8) is 0 Å². The summed E-state index contributed by atoms with van der Waals surface area (Å²) in [5.74, 6) is 6.20. The van der Waals surface area contributed by atoms with Crippen molar-refractivity contribution in [3.8, 4) is 0 Å². The van der Waals surface area contributed by atoms with Crippen LogP contribution in [0.2, 0.25) is 0 Å². The minimum absolute atomic E-state index is 0.0957. The van der Waals surface area contributed by atoms with Gasteiger partial charge in [-0.3, -0.25) is 12.9 Å². The molecule has 1 N–H and O–H groups in total. The van der Waals surface area contributed by atoms with Crippen LogP contribution in [0.15, 0.2) is 16.3 Å². The van der Waals surface area contributed by atoms with E-state index in [1.807, 2.05) is 40.7 Å². The van der Waals surface area contributed by atoms with Gasteiger partial charge in [-0.05, 0) is 239 Å². The Balaban J connectivity index is -0.000000174. The molecule has 0 aromatic carbocycles. The maximum atomic E-state index is 7.75. The molecule has 0 heterocycles. The molecule has 2 saturated carbocycles. The van der Waals surface area contributed by atoms with Crippen molar-refractivity contribution in [3.05, 3.63) is 19.6 Å². The molecule has 0 aromatic rings. The molecule has 2 aliphatic rings. The Morgan fingerprint density at radius 1 is 0.423 bits per heavy atom. The van der Waals surface area contributed by atoms with Gasteiger partial charge in [0.05, 0.1) is 80.0 Å². The predicted molar refractivity (Wildman–Crippen MR) is 372 cm³/mol. The standard InChI is InChI=1S/C28H50N2.4C9H21P.CH4O.CHO.2ClH.2Ru/c1-11-21-13-23(17(3)4)27(24(14-21)18(5)6)29-30-28-25(19(7)8)15-22(12-2)16-26(28)20(9)10;4*1-7(2)10(8(3)4)9(5)6;2*1-2;;;;/h1,11,17-28H,2,12-16H2,3-10H3;4*7-9H,1-6H3;2H,1H3;1H;2*1H;;/q-2;;;;;;-1;;;+2;+3/p+2. The van der Waals surface area contributed by atoms with E-state index in [0.717, 1.165) is 100 Å². The summed E-state index contributed by atoms with van der Waals surface area (Å²) in [6, 6.07) is 0.708. The zero-order chi connectivity index (χ0) is 63.8. The third-order valence-corrected chi connectivity index (χ3v) is 32.6. The van der Waals surface area contributed by atoms with E-state index in [0.29, 0.717) is 65.3 Å².